The van der Waals surface area contributed by atoms with Crippen LogP contribution in [0.25, 0.3) is 0 Å². The van der Waals surface area contributed by atoms with Crippen molar-refractivity contribution in [2.75, 3.05) is 51.2 Å². The average molecular weight is 486 g/mol. The fraction of sp³-hybridized carbons (Fsp3) is 0.435. The molecule has 0 aromatic heterocycles. The van der Waals surface area contributed by atoms with Crippen LogP contribution in [0, 0.1) is 0 Å². The van der Waals surface area contributed by atoms with Gasteiger partial charge in [0.2, 0.25) is 0 Å². The van der Waals surface area contributed by atoms with Gasteiger partial charge in [0, 0.05) is 0 Å². The number of aryl methyl sites for hydroxylation is 1. The SMILES string of the molecule is CN(C(=O)CCN1CCN(CCCc2ccccc2)CC1)c1cc[c]([Ge][O]OO)cc1. The molecule has 2 aromatic rings. The first-order valence-corrected chi connectivity index (χ1v) is 12.6. The van der Waals surface area contributed by atoms with E-state index in [0.29, 0.717) is 6.42 Å². The number of anilines is 1. The Morgan fingerprint density at radius 2 is 1.65 bits per heavy atom. The van der Waals surface area contributed by atoms with Crippen LogP contribution in [0.15, 0.2) is 54.6 Å². The Labute approximate surface area is 191 Å². The van der Waals surface area contributed by atoms with E-state index in [9.17, 15) is 4.79 Å². The molecule has 1 aliphatic rings. The molecule has 0 bridgehead atoms. The topological polar surface area (TPSA) is 65.5 Å². The van der Waals surface area contributed by atoms with Gasteiger partial charge in [-0.3, -0.25) is 0 Å². The number of carbonyl (C=O) groups is 1. The molecule has 2 aromatic carbocycles. The number of rotatable bonds is 11. The van der Waals surface area contributed by atoms with Gasteiger partial charge in [-0.2, -0.15) is 0 Å². The first-order chi connectivity index (χ1) is 15.2. The Morgan fingerprint density at radius 3 is 2.29 bits per heavy atom. The summed E-state index contributed by atoms with van der Waals surface area (Å²) in [6.45, 7) is 6.13. The molecule has 1 N–H and O–H groups in total. The molecule has 0 saturated carbocycles. The fourth-order valence-electron chi connectivity index (χ4n) is 3.77. The van der Waals surface area contributed by atoms with E-state index in [2.05, 4.69) is 49.1 Å². The molecule has 7 nitrogen and oxygen atoms in total. The molecule has 1 amide bonds. The molecule has 0 spiro atoms. The van der Waals surface area contributed by atoms with Gasteiger partial charge in [-0.05, 0) is 24.9 Å². The third-order valence-electron chi connectivity index (χ3n) is 5.71. The molecular weight excluding hydrogens is 455 g/mol. The standard InChI is InChI=1S/C23H31GeN3O4/c1-25(22-11-9-21(10-12-22)24-30-31-29)23(28)13-15-27-18-16-26(17-19-27)14-5-8-20-6-3-2-4-7-20/h2-4,6-7,9-12,29H,5,8,13-19H2,1H3. The molecule has 31 heavy (non-hydrogen) atoms. The predicted molar refractivity (Wildman–Crippen MR) is 122 cm³/mol. The fourth-order valence-corrected chi connectivity index (χ4v) is 4.69. The Hall–Kier alpha value is -1.75. The predicted octanol–water partition coefficient (Wildman–Crippen LogP) is 1.96. The molecule has 1 saturated heterocycles. The first-order valence-electron chi connectivity index (χ1n) is 10.7. The number of carbonyl (C=O) groups excluding carboxylic acids is 1. The van der Waals surface area contributed by atoms with E-state index in [0.717, 1.165) is 55.8 Å². The molecule has 3 rings (SSSR count). The van der Waals surface area contributed by atoms with Crippen LogP contribution in [0.1, 0.15) is 18.4 Å². The summed E-state index contributed by atoms with van der Waals surface area (Å²) < 4.78 is 5.59. The molecule has 0 aliphatic carbocycles. The van der Waals surface area contributed by atoms with Crippen LogP contribution < -0.4 is 9.30 Å². The zero-order valence-electron chi connectivity index (χ0n) is 18.1. The van der Waals surface area contributed by atoms with Crippen molar-refractivity contribution in [3.05, 3.63) is 60.2 Å². The summed E-state index contributed by atoms with van der Waals surface area (Å²) in [6, 6.07) is 18.3. The van der Waals surface area contributed by atoms with E-state index in [1.54, 1.807) is 4.90 Å². The molecule has 0 unspecified atom stereocenters. The van der Waals surface area contributed by atoms with Crippen molar-refractivity contribution < 1.29 is 19.0 Å². The van der Waals surface area contributed by atoms with Gasteiger partial charge in [0.15, 0.2) is 0 Å². The summed E-state index contributed by atoms with van der Waals surface area (Å²) in [5.41, 5.74) is 2.27. The summed E-state index contributed by atoms with van der Waals surface area (Å²) in [5.74, 6) is 0.115. The van der Waals surface area contributed by atoms with Gasteiger partial charge < -0.3 is 0 Å². The van der Waals surface area contributed by atoms with Crippen LogP contribution in [-0.4, -0.2) is 83.0 Å². The van der Waals surface area contributed by atoms with E-state index < -0.39 is 15.8 Å². The van der Waals surface area contributed by atoms with Crippen molar-refractivity contribution in [2.45, 2.75) is 19.3 Å². The molecule has 166 valence electrons. The number of hydrogen-bond acceptors (Lipinski definition) is 6. The van der Waals surface area contributed by atoms with Crippen LogP contribution in [0.2, 0.25) is 0 Å². The molecule has 1 aliphatic heterocycles. The van der Waals surface area contributed by atoms with Crippen molar-refractivity contribution in [1.29, 1.82) is 0 Å². The minimum atomic E-state index is -0.980. The van der Waals surface area contributed by atoms with E-state index in [4.69, 9.17) is 5.26 Å². The van der Waals surface area contributed by atoms with Gasteiger partial charge >= 0.3 is 136 Å². The Kier molecular flexibility index (Phi) is 9.99. The van der Waals surface area contributed by atoms with Crippen LogP contribution in [0.5, 0.6) is 0 Å². The van der Waals surface area contributed by atoms with Gasteiger partial charge in [-0.25, -0.2) is 0 Å². The molecule has 8 heteroatoms. The monoisotopic (exact) mass is 487 g/mol. The first kappa shape index (κ1) is 23.9. The number of hydrogen-bond donors (Lipinski definition) is 1. The normalized spacial score (nSPS) is 15.2. The molecule has 1 fully saturated rings. The third kappa shape index (κ3) is 8.03. The van der Waals surface area contributed by atoms with Crippen LogP contribution in [-0.2, 0) is 20.2 Å². The maximum atomic E-state index is 12.6. The Bertz CT molecular complexity index is 783. The molecule has 1 heterocycles. The van der Waals surface area contributed by atoms with E-state index in [1.807, 2.05) is 31.3 Å². The average Bonchev–Trinajstić information content (AvgIpc) is 2.82. The summed E-state index contributed by atoms with van der Waals surface area (Å²) in [4.78, 5) is 19.2. The van der Waals surface area contributed by atoms with Gasteiger partial charge in [0.05, 0.1) is 0 Å². The summed E-state index contributed by atoms with van der Waals surface area (Å²) in [5, 5.41) is 11.9. The molecule has 0 atom stereocenters. The number of nitrogens with zero attached hydrogens (tertiary/aromatic N) is 3. The molecular formula is C23H31GeN3O4. The summed E-state index contributed by atoms with van der Waals surface area (Å²) in [7, 11) is 1.81. The minimum absolute atomic E-state index is 0.115. The van der Waals surface area contributed by atoms with Gasteiger partial charge in [-0.15, -0.1) is 0 Å². The van der Waals surface area contributed by atoms with Crippen LogP contribution >= 0.6 is 0 Å². The van der Waals surface area contributed by atoms with Crippen molar-refractivity contribution in [3.8, 4) is 0 Å². The van der Waals surface area contributed by atoms with Crippen LogP contribution in [0.3, 0.4) is 0 Å². The van der Waals surface area contributed by atoms with Gasteiger partial charge in [0.25, 0.3) is 0 Å². The molecule has 2 radical (unpaired) electrons. The van der Waals surface area contributed by atoms with Crippen molar-refractivity contribution in [1.82, 2.24) is 9.80 Å². The second-order valence-corrected chi connectivity index (χ2v) is 9.77. The number of piperazine rings is 1. The summed E-state index contributed by atoms with van der Waals surface area (Å²) in [6.07, 6.45) is 2.84. The second-order valence-electron chi connectivity index (χ2n) is 7.78. The van der Waals surface area contributed by atoms with Crippen LogP contribution in [0.4, 0.5) is 5.69 Å². The van der Waals surface area contributed by atoms with Gasteiger partial charge in [-0.1, -0.05) is 30.3 Å². The Balaban J connectivity index is 1.32. The van der Waals surface area contributed by atoms with E-state index in [-0.39, 0.29) is 5.91 Å². The zero-order valence-corrected chi connectivity index (χ0v) is 20.2. The third-order valence-corrected chi connectivity index (χ3v) is 7.24. The van der Waals surface area contributed by atoms with E-state index in [1.165, 1.54) is 12.0 Å². The van der Waals surface area contributed by atoms with Crippen molar-refractivity contribution in [3.63, 3.8) is 0 Å². The summed E-state index contributed by atoms with van der Waals surface area (Å²) >= 11 is -0.980. The Morgan fingerprint density at radius 1 is 1.00 bits per heavy atom. The quantitative estimate of drug-likeness (QED) is 0.298. The zero-order chi connectivity index (χ0) is 21.9. The van der Waals surface area contributed by atoms with Crippen molar-refractivity contribution in [2.24, 2.45) is 0 Å². The number of amides is 1. The second kappa shape index (κ2) is 13.0. The van der Waals surface area contributed by atoms with E-state index >= 15 is 0 Å². The maximum absolute atomic E-state index is 12.6. The van der Waals surface area contributed by atoms with Gasteiger partial charge in [0.1, 0.15) is 0 Å². The number of benzene rings is 2. The van der Waals surface area contributed by atoms with Crippen molar-refractivity contribution >= 4 is 31.8 Å².